The fourth-order valence-corrected chi connectivity index (χ4v) is 5.96. The number of ether oxygens (including phenoxy) is 1. The average molecular weight is 470 g/mol. The molecule has 9 heteroatoms. The van der Waals surface area contributed by atoms with Crippen molar-refractivity contribution in [2.75, 3.05) is 37.7 Å². The van der Waals surface area contributed by atoms with Crippen molar-refractivity contribution in [2.45, 2.75) is 37.2 Å². The Bertz CT molecular complexity index is 1090. The minimum atomic E-state index is -0.249. The first-order chi connectivity index (χ1) is 15.6. The number of thiophene rings is 1. The van der Waals surface area contributed by atoms with Crippen molar-refractivity contribution in [1.82, 2.24) is 19.7 Å². The molecule has 5 rings (SSSR count). The molecule has 1 unspecified atom stereocenters. The smallest absolute Gasteiger partial charge is 0.236 e. The van der Waals surface area contributed by atoms with E-state index in [0.29, 0.717) is 19.8 Å². The lowest BCUT2D eigenvalue weighted by Gasteiger charge is -2.29. The highest BCUT2D eigenvalue weighted by atomic mass is 32.2. The number of aryl methyl sites for hydroxylation is 1. The van der Waals surface area contributed by atoms with Crippen LogP contribution < -0.4 is 4.90 Å². The average Bonchev–Trinajstić information content (AvgIpc) is 3.46. The molecule has 0 N–H and O–H groups in total. The van der Waals surface area contributed by atoms with Gasteiger partial charge in [0, 0.05) is 31.1 Å². The first kappa shape index (κ1) is 21.5. The number of fused-ring (bicyclic) bond motifs is 1. The molecule has 2 aliphatic heterocycles. The van der Waals surface area contributed by atoms with E-state index < -0.39 is 0 Å². The van der Waals surface area contributed by atoms with Gasteiger partial charge in [0.2, 0.25) is 11.9 Å². The van der Waals surface area contributed by atoms with E-state index in [9.17, 15) is 4.79 Å². The van der Waals surface area contributed by atoms with E-state index in [1.807, 2.05) is 11.8 Å². The van der Waals surface area contributed by atoms with Crippen LogP contribution in [-0.4, -0.2) is 63.7 Å². The predicted molar refractivity (Wildman–Crippen MR) is 128 cm³/mol. The molecule has 1 aromatic carbocycles. The van der Waals surface area contributed by atoms with Crippen LogP contribution >= 0.6 is 23.1 Å². The van der Waals surface area contributed by atoms with E-state index in [1.165, 1.54) is 27.8 Å². The molecular formula is C23H27N5O2S2. The third-order valence-corrected chi connectivity index (χ3v) is 8.00. The summed E-state index contributed by atoms with van der Waals surface area (Å²) in [4.78, 5) is 18.8. The molecule has 3 aromatic rings. The summed E-state index contributed by atoms with van der Waals surface area (Å²) >= 11 is 3.27. The number of hydrogen-bond donors (Lipinski definition) is 0. The van der Waals surface area contributed by atoms with Crippen LogP contribution in [0.3, 0.4) is 0 Å². The normalized spacial score (nSPS) is 17.3. The maximum Gasteiger partial charge on any atom is 0.236 e. The van der Waals surface area contributed by atoms with Crippen molar-refractivity contribution in [3.63, 3.8) is 0 Å². The summed E-state index contributed by atoms with van der Waals surface area (Å²) in [6, 6.07) is 10.5. The quantitative estimate of drug-likeness (QED) is 0.533. The zero-order chi connectivity index (χ0) is 22.1. The molecule has 1 saturated heterocycles. The first-order valence-electron chi connectivity index (χ1n) is 11.0. The number of benzene rings is 1. The SMILES string of the molecule is Cc1ccc(-n2c(SC(C)C(=O)N3CCc4sccc4C3)nnc2N2CCOCC2)cc1. The third kappa shape index (κ3) is 4.29. The number of morpholine rings is 1. The molecule has 0 radical (unpaired) electrons. The standard InChI is InChI=1S/C23H27N5O2S2/c1-16-3-5-19(6-4-16)28-22(26-10-12-30-13-11-26)24-25-23(28)32-17(2)21(29)27-9-7-20-18(15-27)8-14-31-20/h3-6,8,14,17H,7,9-13,15H2,1-2H3. The van der Waals surface area contributed by atoms with Crippen LogP contribution in [-0.2, 0) is 22.5 Å². The lowest BCUT2D eigenvalue weighted by molar-refractivity contribution is -0.131. The lowest BCUT2D eigenvalue weighted by atomic mass is 10.1. The third-order valence-electron chi connectivity index (χ3n) is 5.95. The summed E-state index contributed by atoms with van der Waals surface area (Å²) in [6.45, 7) is 8.44. The van der Waals surface area contributed by atoms with Crippen LogP contribution in [0.15, 0.2) is 40.9 Å². The zero-order valence-corrected chi connectivity index (χ0v) is 20.0. The van der Waals surface area contributed by atoms with E-state index in [-0.39, 0.29) is 11.2 Å². The topological polar surface area (TPSA) is 63.5 Å². The molecule has 168 valence electrons. The van der Waals surface area contributed by atoms with Crippen molar-refractivity contribution in [2.24, 2.45) is 0 Å². The molecule has 2 aliphatic rings. The van der Waals surface area contributed by atoms with Crippen LogP contribution in [0.4, 0.5) is 5.95 Å². The van der Waals surface area contributed by atoms with Crippen LogP contribution in [0.25, 0.3) is 5.69 Å². The summed E-state index contributed by atoms with van der Waals surface area (Å²) < 4.78 is 7.59. The second-order valence-corrected chi connectivity index (χ2v) is 10.5. The largest absolute Gasteiger partial charge is 0.378 e. The highest BCUT2D eigenvalue weighted by Crippen LogP contribution is 2.32. The predicted octanol–water partition coefficient (Wildman–Crippen LogP) is 3.54. The van der Waals surface area contributed by atoms with Gasteiger partial charge in [-0.3, -0.25) is 9.36 Å². The van der Waals surface area contributed by atoms with Crippen molar-refractivity contribution in [3.8, 4) is 5.69 Å². The van der Waals surface area contributed by atoms with E-state index in [4.69, 9.17) is 4.74 Å². The Morgan fingerprint density at radius 1 is 1.12 bits per heavy atom. The van der Waals surface area contributed by atoms with Gasteiger partial charge in [0.05, 0.1) is 24.2 Å². The molecule has 0 spiro atoms. The summed E-state index contributed by atoms with van der Waals surface area (Å²) in [5.41, 5.74) is 3.49. The molecule has 0 aliphatic carbocycles. The van der Waals surface area contributed by atoms with Crippen molar-refractivity contribution in [1.29, 1.82) is 0 Å². The van der Waals surface area contributed by atoms with E-state index in [2.05, 4.69) is 62.3 Å². The Balaban J connectivity index is 1.39. The second-order valence-electron chi connectivity index (χ2n) is 8.19. The number of thioether (sulfide) groups is 1. The fourth-order valence-electron chi connectivity index (χ4n) is 4.13. The summed E-state index contributed by atoms with van der Waals surface area (Å²) in [5.74, 6) is 0.957. The summed E-state index contributed by atoms with van der Waals surface area (Å²) in [6.07, 6.45) is 0.941. The minimum Gasteiger partial charge on any atom is -0.378 e. The van der Waals surface area contributed by atoms with Gasteiger partial charge in [-0.2, -0.15) is 0 Å². The van der Waals surface area contributed by atoms with Crippen molar-refractivity contribution >= 4 is 35.0 Å². The van der Waals surface area contributed by atoms with Crippen LogP contribution in [0.1, 0.15) is 22.9 Å². The first-order valence-corrected chi connectivity index (χ1v) is 12.7. The van der Waals surface area contributed by atoms with Gasteiger partial charge in [0.25, 0.3) is 0 Å². The maximum atomic E-state index is 13.3. The maximum absolute atomic E-state index is 13.3. The number of hydrogen-bond acceptors (Lipinski definition) is 7. The number of aromatic nitrogens is 3. The highest BCUT2D eigenvalue weighted by molar-refractivity contribution is 8.00. The lowest BCUT2D eigenvalue weighted by Crippen LogP contribution is -2.39. The molecule has 1 atom stereocenters. The van der Waals surface area contributed by atoms with Gasteiger partial charge in [-0.05, 0) is 49.4 Å². The van der Waals surface area contributed by atoms with Gasteiger partial charge in [0.1, 0.15) is 0 Å². The number of anilines is 1. The summed E-state index contributed by atoms with van der Waals surface area (Å²) in [7, 11) is 0. The number of amides is 1. The molecule has 1 amide bonds. The number of nitrogens with zero attached hydrogens (tertiary/aromatic N) is 5. The van der Waals surface area contributed by atoms with Gasteiger partial charge in [-0.15, -0.1) is 21.5 Å². The van der Waals surface area contributed by atoms with E-state index in [1.54, 1.807) is 11.3 Å². The van der Waals surface area contributed by atoms with Crippen molar-refractivity contribution < 1.29 is 9.53 Å². The Hall–Kier alpha value is -2.36. The van der Waals surface area contributed by atoms with Gasteiger partial charge >= 0.3 is 0 Å². The Morgan fingerprint density at radius 2 is 1.91 bits per heavy atom. The second kappa shape index (κ2) is 9.25. The molecular weight excluding hydrogens is 442 g/mol. The Labute approximate surface area is 196 Å². The molecule has 4 heterocycles. The van der Waals surface area contributed by atoms with Crippen LogP contribution in [0.5, 0.6) is 0 Å². The monoisotopic (exact) mass is 469 g/mol. The number of rotatable bonds is 5. The van der Waals surface area contributed by atoms with Crippen LogP contribution in [0.2, 0.25) is 0 Å². The number of carbonyl (C=O) groups excluding carboxylic acids is 1. The van der Waals surface area contributed by atoms with Gasteiger partial charge < -0.3 is 14.5 Å². The Morgan fingerprint density at radius 3 is 2.69 bits per heavy atom. The molecule has 1 fully saturated rings. The fraction of sp³-hybridized carbons (Fsp3) is 0.435. The summed E-state index contributed by atoms with van der Waals surface area (Å²) in [5, 5.41) is 11.6. The zero-order valence-electron chi connectivity index (χ0n) is 18.4. The number of carbonyl (C=O) groups is 1. The minimum absolute atomic E-state index is 0.151. The molecule has 7 nitrogen and oxygen atoms in total. The molecule has 2 aromatic heterocycles. The van der Waals surface area contributed by atoms with E-state index >= 15 is 0 Å². The van der Waals surface area contributed by atoms with Crippen molar-refractivity contribution in [3.05, 3.63) is 51.7 Å². The molecule has 0 bridgehead atoms. The van der Waals surface area contributed by atoms with Gasteiger partial charge in [0.15, 0.2) is 5.16 Å². The van der Waals surface area contributed by atoms with Gasteiger partial charge in [-0.1, -0.05) is 29.5 Å². The van der Waals surface area contributed by atoms with Crippen LogP contribution in [0, 0.1) is 6.92 Å². The Kier molecular flexibility index (Phi) is 6.21. The van der Waals surface area contributed by atoms with E-state index in [0.717, 1.165) is 42.8 Å². The molecule has 32 heavy (non-hydrogen) atoms. The molecule has 0 saturated carbocycles. The highest BCUT2D eigenvalue weighted by Gasteiger charge is 2.29. The van der Waals surface area contributed by atoms with Gasteiger partial charge in [-0.25, -0.2) is 0 Å².